The van der Waals surface area contributed by atoms with Gasteiger partial charge >= 0.3 is 0 Å². The molecule has 1 heterocycles. The van der Waals surface area contributed by atoms with E-state index in [-0.39, 0.29) is 6.04 Å². The third-order valence-electron chi connectivity index (χ3n) is 1.81. The lowest BCUT2D eigenvalue weighted by Gasteiger charge is -2.12. The molecule has 0 aliphatic carbocycles. The summed E-state index contributed by atoms with van der Waals surface area (Å²) in [7, 11) is -0.717. The highest BCUT2D eigenvalue weighted by atomic mass is 32.2. The van der Waals surface area contributed by atoms with Crippen LogP contribution >= 0.6 is 0 Å². The lowest BCUT2D eigenvalue weighted by molar-refractivity contribution is 0.678. The predicted molar refractivity (Wildman–Crippen MR) is 58.7 cm³/mol. The van der Waals surface area contributed by atoms with Crippen LogP contribution in [0.2, 0.25) is 0 Å². The van der Waals surface area contributed by atoms with Crippen molar-refractivity contribution in [1.29, 1.82) is 0 Å². The van der Waals surface area contributed by atoms with Gasteiger partial charge in [-0.15, -0.1) is 0 Å². The van der Waals surface area contributed by atoms with Crippen molar-refractivity contribution >= 4 is 16.6 Å². The van der Waals surface area contributed by atoms with Crippen molar-refractivity contribution in [2.75, 3.05) is 17.3 Å². The van der Waals surface area contributed by atoms with E-state index in [9.17, 15) is 4.21 Å². The van der Waals surface area contributed by atoms with E-state index in [0.29, 0.717) is 0 Å². The van der Waals surface area contributed by atoms with Crippen molar-refractivity contribution in [1.82, 2.24) is 9.97 Å². The van der Waals surface area contributed by atoms with Gasteiger partial charge in [0.05, 0.1) is 0 Å². The summed E-state index contributed by atoms with van der Waals surface area (Å²) in [6.45, 7) is 2.05. The normalized spacial score (nSPS) is 14.7. The Balaban J connectivity index is 2.34. The average molecular weight is 213 g/mol. The SMILES string of the molecule is CC(CCS(C)=O)Nc1ccncn1. The largest absolute Gasteiger partial charge is 0.367 e. The molecular weight excluding hydrogens is 198 g/mol. The molecule has 1 aromatic rings. The van der Waals surface area contributed by atoms with Crippen molar-refractivity contribution in [2.45, 2.75) is 19.4 Å². The Labute approximate surface area is 86.6 Å². The number of hydrogen-bond donors (Lipinski definition) is 1. The second kappa shape index (κ2) is 5.70. The van der Waals surface area contributed by atoms with E-state index in [1.165, 1.54) is 6.33 Å². The quantitative estimate of drug-likeness (QED) is 0.794. The fourth-order valence-electron chi connectivity index (χ4n) is 1.04. The van der Waals surface area contributed by atoms with Crippen molar-refractivity contribution in [2.24, 2.45) is 0 Å². The van der Waals surface area contributed by atoms with Gasteiger partial charge in [0.25, 0.3) is 0 Å². The summed E-state index contributed by atoms with van der Waals surface area (Å²) in [6, 6.07) is 2.10. The smallest absolute Gasteiger partial charge is 0.129 e. The minimum Gasteiger partial charge on any atom is -0.367 e. The lowest BCUT2D eigenvalue weighted by Crippen LogP contribution is -2.18. The molecule has 0 fully saturated rings. The summed E-state index contributed by atoms with van der Waals surface area (Å²) in [5, 5.41) is 3.21. The average Bonchev–Trinajstić information content (AvgIpc) is 2.16. The van der Waals surface area contributed by atoms with Crippen molar-refractivity contribution < 1.29 is 4.21 Å². The van der Waals surface area contributed by atoms with Crippen LogP contribution in [0.4, 0.5) is 5.82 Å². The Morgan fingerprint density at radius 1 is 1.64 bits per heavy atom. The zero-order valence-corrected chi connectivity index (χ0v) is 9.25. The van der Waals surface area contributed by atoms with Gasteiger partial charge in [-0.3, -0.25) is 4.21 Å². The van der Waals surface area contributed by atoms with Crippen LogP contribution in [-0.2, 0) is 10.8 Å². The number of nitrogens with zero attached hydrogens (tertiary/aromatic N) is 2. The van der Waals surface area contributed by atoms with Gasteiger partial charge in [-0.2, -0.15) is 0 Å². The highest BCUT2D eigenvalue weighted by Crippen LogP contribution is 2.03. The maximum atomic E-state index is 10.9. The zero-order chi connectivity index (χ0) is 10.4. The van der Waals surface area contributed by atoms with E-state index in [0.717, 1.165) is 18.0 Å². The Hall–Kier alpha value is -0.970. The van der Waals surface area contributed by atoms with Gasteiger partial charge in [0, 0.05) is 35.0 Å². The maximum absolute atomic E-state index is 10.9. The number of rotatable bonds is 5. The van der Waals surface area contributed by atoms with Crippen LogP contribution in [-0.4, -0.2) is 32.2 Å². The molecule has 0 spiro atoms. The summed E-state index contributed by atoms with van der Waals surface area (Å²) in [5.74, 6) is 1.54. The molecule has 2 atom stereocenters. The van der Waals surface area contributed by atoms with Crippen LogP contribution in [0.3, 0.4) is 0 Å². The zero-order valence-electron chi connectivity index (χ0n) is 8.43. The predicted octanol–water partition coefficient (Wildman–Crippen LogP) is 1.05. The molecule has 0 aliphatic heterocycles. The van der Waals surface area contributed by atoms with Crippen LogP contribution in [0.25, 0.3) is 0 Å². The van der Waals surface area contributed by atoms with Gasteiger partial charge in [-0.05, 0) is 19.4 Å². The van der Waals surface area contributed by atoms with E-state index in [2.05, 4.69) is 22.2 Å². The van der Waals surface area contributed by atoms with Gasteiger partial charge in [-0.1, -0.05) is 0 Å². The highest BCUT2D eigenvalue weighted by molar-refractivity contribution is 7.84. The first-order valence-corrected chi connectivity index (χ1v) is 6.24. The standard InChI is InChI=1S/C9H15N3OS/c1-8(4-6-14(2)13)12-9-3-5-10-7-11-9/h3,5,7-8H,4,6H2,1-2H3,(H,10,11,12). The molecular formula is C9H15N3OS. The summed E-state index contributed by atoms with van der Waals surface area (Å²) in [6.07, 6.45) is 5.80. The molecule has 2 unspecified atom stereocenters. The first kappa shape index (κ1) is 11.1. The molecule has 5 heteroatoms. The maximum Gasteiger partial charge on any atom is 0.129 e. The Morgan fingerprint density at radius 2 is 2.43 bits per heavy atom. The minimum atomic E-state index is -0.717. The third-order valence-corrected chi connectivity index (χ3v) is 2.63. The van der Waals surface area contributed by atoms with E-state index in [1.54, 1.807) is 12.5 Å². The van der Waals surface area contributed by atoms with E-state index < -0.39 is 10.8 Å². The molecule has 0 radical (unpaired) electrons. The third kappa shape index (κ3) is 4.32. The number of anilines is 1. The van der Waals surface area contributed by atoms with E-state index in [1.807, 2.05) is 6.07 Å². The fraction of sp³-hybridized carbons (Fsp3) is 0.556. The Morgan fingerprint density at radius 3 is 3.00 bits per heavy atom. The summed E-state index contributed by atoms with van der Waals surface area (Å²) in [5.41, 5.74) is 0. The topological polar surface area (TPSA) is 54.9 Å². The molecule has 4 nitrogen and oxygen atoms in total. The first-order valence-electron chi connectivity index (χ1n) is 4.51. The van der Waals surface area contributed by atoms with Gasteiger partial charge in [-0.25, -0.2) is 9.97 Å². The Bertz CT molecular complexity index is 291. The van der Waals surface area contributed by atoms with Gasteiger partial charge in [0.2, 0.25) is 0 Å². The monoisotopic (exact) mass is 213 g/mol. The fourth-order valence-corrected chi connectivity index (χ4v) is 1.73. The number of nitrogens with one attached hydrogen (secondary N) is 1. The van der Waals surface area contributed by atoms with Gasteiger partial charge in [0.1, 0.15) is 12.1 Å². The molecule has 0 saturated carbocycles. The number of aromatic nitrogens is 2. The molecule has 0 aromatic carbocycles. The molecule has 1 rings (SSSR count). The minimum absolute atomic E-state index is 0.286. The first-order chi connectivity index (χ1) is 6.68. The molecule has 0 bridgehead atoms. The van der Waals surface area contributed by atoms with Crippen molar-refractivity contribution in [3.8, 4) is 0 Å². The molecule has 14 heavy (non-hydrogen) atoms. The van der Waals surface area contributed by atoms with E-state index >= 15 is 0 Å². The highest BCUT2D eigenvalue weighted by Gasteiger charge is 2.03. The van der Waals surface area contributed by atoms with Crippen LogP contribution in [0, 0.1) is 0 Å². The molecule has 1 aromatic heterocycles. The van der Waals surface area contributed by atoms with Crippen LogP contribution < -0.4 is 5.32 Å². The Kier molecular flexibility index (Phi) is 4.52. The number of hydrogen-bond acceptors (Lipinski definition) is 4. The van der Waals surface area contributed by atoms with E-state index in [4.69, 9.17) is 0 Å². The molecule has 1 N–H and O–H groups in total. The van der Waals surface area contributed by atoms with Gasteiger partial charge in [0.15, 0.2) is 0 Å². The van der Waals surface area contributed by atoms with Crippen LogP contribution in [0.1, 0.15) is 13.3 Å². The summed E-state index contributed by atoms with van der Waals surface area (Å²) in [4.78, 5) is 7.87. The van der Waals surface area contributed by atoms with Crippen LogP contribution in [0.5, 0.6) is 0 Å². The molecule has 0 saturated heterocycles. The van der Waals surface area contributed by atoms with Gasteiger partial charge < -0.3 is 5.32 Å². The van der Waals surface area contributed by atoms with Crippen LogP contribution in [0.15, 0.2) is 18.6 Å². The lowest BCUT2D eigenvalue weighted by atomic mass is 10.2. The van der Waals surface area contributed by atoms with Crippen molar-refractivity contribution in [3.63, 3.8) is 0 Å². The molecule has 0 amide bonds. The summed E-state index contributed by atoms with van der Waals surface area (Å²) >= 11 is 0. The second-order valence-electron chi connectivity index (χ2n) is 3.21. The summed E-state index contributed by atoms with van der Waals surface area (Å²) < 4.78 is 10.9. The molecule has 0 aliphatic rings. The molecule has 78 valence electrons. The second-order valence-corrected chi connectivity index (χ2v) is 4.76. The van der Waals surface area contributed by atoms with Crippen molar-refractivity contribution in [3.05, 3.63) is 18.6 Å².